The molecule has 1 saturated carbocycles. The number of aliphatic hydroxyl groups excluding tert-OH is 2. The van der Waals surface area contributed by atoms with Crippen molar-refractivity contribution >= 4 is 32.6 Å². The highest BCUT2D eigenvalue weighted by Crippen LogP contribution is 2.40. The van der Waals surface area contributed by atoms with Gasteiger partial charge in [-0.2, -0.15) is 5.26 Å². The van der Waals surface area contributed by atoms with Crippen LogP contribution in [0.1, 0.15) is 50.6 Å². The Morgan fingerprint density at radius 1 is 1.44 bits per heavy atom. The van der Waals surface area contributed by atoms with Crippen LogP contribution < -0.4 is 0 Å². The van der Waals surface area contributed by atoms with E-state index in [4.69, 9.17) is 5.26 Å². The van der Waals surface area contributed by atoms with Gasteiger partial charge in [-0.15, -0.1) is 11.3 Å². The van der Waals surface area contributed by atoms with E-state index in [1.54, 1.807) is 24.5 Å². The summed E-state index contributed by atoms with van der Waals surface area (Å²) in [4.78, 5) is 9.07. The molecule has 130 valence electrons. The van der Waals surface area contributed by atoms with Crippen molar-refractivity contribution in [3.8, 4) is 6.07 Å². The topological polar surface area (TPSA) is 95.0 Å². The lowest BCUT2D eigenvalue weighted by molar-refractivity contribution is 0.0480. The maximum atomic E-state index is 10.5. The van der Waals surface area contributed by atoms with Crippen molar-refractivity contribution in [1.29, 1.82) is 5.26 Å². The molecule has 4 atom stereocenters. The minimum Gasteiger partial charge on any atom is -0.393 e. The number of pyridine rings is 1. The minimum atomic E-state index is -0.698. The molecule has 0 spiro atoms. The number of fused-ring (bicyclic) bond motifs is 3. The summed E-state index contributed by atoms with van der Waals surface area (Å²) in [6, 6.07) is 4.22. The first-order chi connectivity index (χ1) is 12.1. The summed E-state index contributed by atoms with van der Waals surface area (Å²) < 4.78 is 3.16. The maximum Gasteiger partial charge on any atom is 0.138 e. The van der Waals surface area contributed by atoms with Gasteiger partial charge in [0.05, 0.1) is 34.1 Å². The number of hydrogen-bond donors (Lipinski definition) is 2. The van der Waals surface area contributed by atoms with Gasteiger partial charge in [0.2, 0.25) is 0 Å². The van der Waals surface area contributed by atoms with Gasteiger partial charge < -0.3 is 14.8 Å². The van der Waals surface area contributed by atoms with Gasteiger partial charge in [0.15, 0.2) is 0 Å². The van der Waals surface area contributed by atoms with E-state index in [1.807, 2.05) is 11.4 Å². The van der Waals surface area contributed by atoms with Crippen LogP contribution in [0.2, 0.25) is 0 Å². The highest BCUT2D eigenvalue weighted by molar-refractivity contribution is 7.18. The zero-order valence-electron chi connectivity index (χ0n) is 14.0. The number of nitriles is 1. The van der Waals surface area contributed by atoms with Gasteiger partial charge in [-0.1, -0.05) is 0 Å². The van der Waals surface area contributed by atoms with Crippen LogP contribution in [0.5, 0.6) is 0 Å². The molecule has 25 heavy (non-hydrogen) atoms. The van der Waals surface area contributed by atoms with Crippen LogP contribution in [0.15, 0.2) is 17.6 Å². The van der Waals surface area contributed by atoms with Gasteiger partial charge in [0.1, 0.15) is 17.4 Å². The van der Waals surface area contributed by atoms with Crippen LogP contribution in [-0.2, 0) is 0 Å². The number of rotatable bonds is 3. The lowest BCUT2D eigenvalue weighted by Gasteiger charge is -2.34. The Bertz CT molecular complexity index is 955. The fraction of sp³-hybridized carbons (Fsp3) is 0.500. The van der Waals surface area contributed by atoms with Gasteiger partial charge in [-0.25, -0.2) is 4.98 Å². The zero-order chi connectivity index (χ0) is 17.6. The standard InChI is InChI=1S/C18H20N4O2S/c1-10(23)18-21-14-9-20-13-5-7-25-17(13)16(14)22(18)12-3-2-11(4-6-19)15(24)8-12/h5,7,9-12,15,23-24H,2-4,8H2,1H3/t10-,11-,12+,15+/m1/s1. The second kappa shape index (κ2) is 6.37. The molecular weight excluding hydrogens is 336 g/mol. The third kappa shape index (κ3) is 2.71. The lowest BCUT2D eigenvalue weighted by Crippen LogP contribution is -2.31. The van der Waals surface area contributed by atoms with E-state index in [2.05, 4.69) is 20.6 Å². The van der Waals surface area contributed by atoms with Crippen LogP contribution in [0.3, 0.4) is 0 Å². The molecule has 3 aromatic heterocycles. The molecule has 0 aliphatic heterocycles. The molecule has 3 aromatic rings. The summed E-state index contributed by atoms with van der Waals surface area (Å²) in [6.07, 6.45) is 3.19. The van der Waals surface area contributed by atoms with E-state index >= 15 is 0 Å². The Hall–Kier alpha value is -2.01. The first-order valence-corrected chi connectivity index (χ1v) is 9.45. The third-order valence-corrected chi connectivity index (χ3v) is 6.08. The molecule has 0 aromatic carbocycles. The average molecular weight is 356 g/mol. The van der Waals surface area contributed by atoms with E-state index in [0.29, 0.717) is 18.7 Å². The van der Waals surface area contributed by atoms with Crippen molar-refractivity contribution < 1.29 is 10.2 Å². The van der Waals surface area contributed by atoms with Crippen molar-refractivity contribution in [3.63, 3.8) is 0 Å². The van der Waals surface area contributed by atoms with Gasteiger partial charge in [-0.05, 0) is 43.6 Å². The van der Waals surface area contributed by atoms with Crippen LogP contribution in [-0.4, -0.2) is 30.9 Å². The van der Waals surface area contributed by atoms with Crippen molar-refractivity contribution in [2.45, 2.75) is 50.9 Å². The van der Waals surface area contributed by atoms with E-state index in [9.17, 15) is 10.2 Å². The Labute approximate surface area is 149 Å². The molecule has 0 unspecified atom stereocenters. The molecule has 0 bridgehead atoms. The molecule has 0 radical (unpaired) electrons. The summed E-state index contributed by atoms with van der Waals surface area (Å²) in [5, 5.41) is 31.7. The maximum absolute atomic E-state index is 10.5. The molecule has 6 nitrogen and oxygen atoms in total. The van der Waals surface area contributed by atoms with Gasteiger partial charge in [-0.3, -0.25) is 4.98 Å². The number of imidazole rings is 1. The fourth-order valence-corrected chi connectivity index (χ4v) is 4.83. The summed E-state index contributed by atoms with van der Waals surface area (Å²) in [5.74, 6) is 0.656. The van der Waals surface area contributed by atoms with E-state index in [1.165, 1.54) is 0 Å². The molecule has 0 saturated heterocycles. The summed E-state index contributed by atoms with van der Waals surface area (Å²) in [7, 11) is 0. The smallest absolute Gasteiger partial charge is 0.138 e. The highest BCUT2D eigenvalue weighted by Gasteiger charge is 2.33. The van der Waals surface area contributed by atoms with Gasteiger partial charge in [0, 0.05) is 12.5 Å². The molecule has 1 aliphatic carbocycles. The van der Waals surface area contributed by atoms with Crippen LogP contribution in [0.25, 0.3) is 21.3 Å². The van der Waals surface area contributed by atoms with E-state index in [0.717, 1.165) is 34.1 Å². The normalized spacial score (nSPS) is 25.3. The van der Waals surface area contributed by atoms with E-state index < -0.39 is 12.2 Å². The molecule has 1 fully saturated rings. The van der Waals surface area contributed by atoms with E-state index in [-0.39, 0.29) is 12.0 Å². The van der Waals surface area contributed by atoms with Crippen LogP contribution in [0, 0.1) is 17.2 Å². The number of thiophene rings is 1. The fourth-order valence-electron chi connectivity index (χ4n) is 3.94. The molecule has 0 amide bonds. The second-order valence-corrected chi connectivity index (χ2v) is 7.72. The predicted octanol–water partition coefficient (Wildman–Crippen LogP) is 3.32. The SMILES string of the molecule is C[C@@H](O)c1nc2cnc3ccsc3c2n1[C@H]1CC[C@H](CC#N)[C@@H](O)C1. The van der Waals surface area contributed by atoms with Crippen LogP contribution in [0.4, 0.5) is 0 Å². The van der Waals surface area contributed by atoms with Gasteiger partial charge >= 0.3 is 0 Å². The minimum absolute atomic E-state index is 0.0365. The monoisotopic (exact) mass is 356 g/mol. The van der Waals surface area contributed by atoms with Crippen molar-refractivity contribution in [2.75, 3.05) is 0 Å². The predicted molar refractivity (Wildman–Crippen MR) is 96.2 cm³/mol. The molecule has 2 N–H and O–H groups in total. The third-order valence-electron chi connectivity index (χ3n) is 5.17. The first kappa shape index (κ1) is 16.5. The molecule has 7 heteroatoms. The molecular formula is C18H20N4O2S. The Morgan fingerprint density at radius 2 is 2.28 bits per heavy atom. The number of aliphatic hydroxyl groups is 2. The highest BCUT2D eigenvalue weighted by atomic mass is 32.1. The number of nitrogens with zero attached hydrogens (tertiary/aromatic N) is 4. The van der Waals surface area contributed by atoms with Gasteiger partial charge in [0.25, 0.3) is 0 Å². The molecule has 3 heterocycles. The summed E-state index contributed by atoms with van der Waals surface area (Å²) in [6.45, 7) is 1.72. The van der Waals surface area contributed by atoms with Crippen molar-refractivity contribution in [3.05, 3.63) is 23.5 Å². The van der Waals surface area contributed by atoms with Crippen molar-refractivity contribution in [1.82, 2.24) is 14.5 Å². The number of hydrogen-bond acceptors (Lipinski definition) is 6. The second-order valence-electron chi connectivity index (χ2n) is 6.80. The Balaban J connectivity index is 1.84. The summed E-state index contributed by atoms with van der Waals surface area (Å²) >= 11 is 1.62. The largest absolute Gasteiger partial charge is 0.393 e. The quantitative estimate of drug-likeness (QED) is 0.751. The summed E-state index contributed by atoms with van der Waals surface area (Å²) in [5.41, 5.74) is 2.70. The zero-order valence-corrected chi connectivity index (χ0v) is 14.8. The van der Waals surface area contributed by atoms with Crippen molar-refractivity contribution in [2.24, 2.45) is 5.92 Å². The van der Waals surface area contributed by atoms with Crippen LogP contribution >= 0.6 is 11.3 Å². The Kier molecular flexibility index (Phi) is 4.20. The number of aromatic nitrogens is 3. The lowest BCUT2D eigenvalue weighted by atomic mass is 9.81. The first-order valence-electron chi connectivity index (χ1n) is 8.57. The molecule has 1 aliphatic rings. The molecule has 4 rings (SSSR count). The average Bonchev–Trinajstić information content (AvgIpc) is 3.20. The Morgan fingerprint density at radius 3 is 3.00 bits per heavy atom.